The number of benzene rings is 2. The Morgan fingerprint density at radius 3 is 2.47 bits per heavy atom. The number of nitrogens with one attached hydrogen (secondary N) is 1. The van der Waals surface area contributed by atoms with E-state index in [4.69, 9.17) is 9.47 Å². The van der Waals surface area contributed by atoms with E-state index in [-0.39, 0.29) is 23.0 Å². The van der Waals surface area contributed by atoms with Crippen LogP contribution in [0.2, 0.25) is 0 Å². The highest BCUT2D eigenvalue weighted by atomic mass is 32.2. The summed E-state index contributed by atoms with van der Waals surface area (Å²) in [5.74, 6) is 0.177. The first-order valence-electron chi connectivity index (χ1n) is 10.6. The summed E-state index contributed by atoms with van der Waals surface area (Å²) < 4.78 is 38.5. The van der Waals surface area contributed by atoms with E-state index in [0.29, 0.717) is 36.8 Å². The van der Waals surface area contributed by atoms with Crippen LogP contribution in [0.5, 0.6) is 11.5 Å². The third kappa shape index (κ3) is 5.86. The Morgan fingerprint density at radius 1 is 1.03 bits per heavy atom. The zero-order valence-electron chi connectivity index (χ0n) is 18.3. The minimum absolute atomic E-state index is 0.104. The van der Waals surface area contributed by atoms with Crippen LogP contribution in [0.15, 0.2) is 47.4 Å². The van der Waals surface area contributed by atoms with Gasteiger partial charge in [0.1, 0.15) is 11.5 Å². The van der Waals surface area contributed by atoms with Gasteiger partial charge in [0.2, 0.25) is 10.0 Å². The maximum absolute atomic E-state index is 13.0. The molecule has 9 heteroatoms. The van der Waals surface area contributed by atoms with E-state index in [1.54, 1.807) is 37.3 Å². The Hall–Kier alpha value is -2.91. The van der Waals surface area contributed by atoms with Gasteiger partial charge in [-0.2, -0.15) is 4.31 Å². The van der Waals surface area contributed by atoms with Crippen LogP contribution in [0.1, 0.15) is 43.5 Å². The predicted molar refractivity (Wildman–Crippen MR) is 121 cm³/mol. The number of ether oxygens (including phenoxy) is 2. The molecule has 1 heterocycles. The maximum atomic E-state index is 13.0. The number of sulfonamides is 1. The molecule has 3 rings (SSSR count). The molecule has 1 aliphatic rings. The minimum Gasteiger partial charge on any atom is -0.492 e. The number of carbonyl (C=O) groups excluding carboxylic acids is 2. The molecule has 0 saturated carbocycles. The lowest BCUT2D eigenvalue weighted by Gasteiger charge is -2.26. The molecule has 1 fully saturated rings. The lowest BCUT2D eigenvalue weighted by Crippen LogP contribution is -2.35. The SMILES string of the molecule is CCOc1ccc(S(=O)(=O)N2CCCCC2)cc1NC(=O)COc1cccc(C(C)=O)c1. The van der Waals surface area contributed by atoms with Crippen molar-refractivity contribution in [2.24, 2.45) is 0 Å². The van der Waals surface area contributed by atoms with Gasteiger partial charge in [-0.1, -0.05) is 18.6 Å². The van der Waals surface area contributed by atoms with Crippen molar-refractivity contribution in [2.75, 3.05) is 31.6 Å². The summed E-state index contributed by atoms with van der Waals surface area (Å²) in [5, 5.41) is 2.68. The largest absolute Gasteiger partial charge is 0.492 e. The number of anilines is 1. The molecule has 0 aliphatic carbocycles. The van der Waals surface area contributed by atoms with Crippen LogP contribution in [-0.4, -0.2) is 50.7 Å². The van der Waals surface area contributed by atoms with E-state index in [2.05, 4.69) is 5.32 Å². The third-order valence-corrected chi connectivity index (χ3v) is 6.98. The van der Waals surface area contributed by atoms with Gasteiger partial charge in [0.15, 0.2) is 12.4 Å². The average molecular weight is 461 g/mol. The summed E-state index contributed by atoms with van der Waals surface area (Å²) in [6.45, 7) is 4.28. The number of ketones is 1. The highest BCUT2D eigenvalue weighted by Crippen LogP contribution is 2.30. The van der Waals surface area contributed by atoms with Crippen molar-refractivity contribution in [3.05, 3.63) is 48.0 Å². The fourth-order valence-corrected chi connectivity index (χ4v) is 4.99. The molecule has 2 aromatic carbocycles. The molecule has 0 unspecified atom stereocenters. The Balaban J connectivity index is 1.75. The standard InChI is InChI=1S/C23H28N2O6S/c1-3-30-22-11-10-20(32(28,29)25-12-5-4-6-13-25)15-21(22)24-23(27)16-31-19-9-7-8-18(14-19)17(2)26/h7-11,14-15H,3-6,12-13,16H2,1-2H3,(H,24,27). The van der Waals surface area contributed by atoms with Gasteiger partial charge in [-0.3, -0.25) is 9.59 Å². The molecule has 1 amide bonds. The van der Waals surface area contributed by atoms with Crippen molar-refractivity contribution in [1.82, 2.24) is 4.31 Å². The normalized spacial score (nSPS) is 14.6. The molecule has 0 radical (unpaired) electrons. The van der Waals surface area contributed by atoms with Gasteiger partial charge in [0, 0.05) is 18.7 Å². The minimum atomic E-state index is -3.66. The Morgan fingerprint density at radius 2 is 1.78 bits per heavy atom. The first kappa shape index (κ1) is 23.7. The smallest absolute Gasteiger partial charge is 0.262 e. The van der Waals surface area contributed by atoms with Gasteiger partial charge >= 0.3 is 0 Å². The van der Waals surface area contributed by atoms with E-state index < -0.39 is 15.9 Å². The van der Waals surface area contributed by atoms with Gasteiger partial charge < -0.3 is 14.8 Å². The van der Waals surface area contributed by atoms with Crippen LogP contribution >= 0.6 is 0 Å². The fourth-order valence-electron chi connectivity index (χ4n) is 3.44. The van der Waals surface area contributed by atoms with Gasteiger partial charge in [-0.05, 0) is 57.0 Å². The zero-order chi connectivity index (χ0) is 23.1. The van der Waals surface area contributed by atoms with Gasteiger partial charge in [0.05, 0.1) is 17.2 Å². The molecule has 8 nitrogen and oxygen atoms in total. The maximum Gasteiger partial charge on any atom is 0.262 e. The number of hydrogen-bond acceptors (Lipinski definition) is 6. The first-order chi connectivity index (χ1) is 15.3. The highest BCUT2D eigenvalue weighted by Gasteiger charge is 2.27. The first-order valence-corrected chi connectivity index (χ1v) is 12.1. The lowest BCUT2D eigenvalue weighted by atomic mass is 10.1. The Bertz CT molecular complexity index is 1080. The quantitative estimate of drug-likeness (QED) is 0.575. The molecular formula is C23H28N2O6S. The topological polar surface area (TPSA) is 102 Å². The van der Waals surface area contributed by atoms with Crippen LogP contribution in [0.25, 0.3) is 0 Å². The number of Topliss-reactive ketones (excluding diaryl/α,β-unsaturated/α-hetero) is 1. The number of hydrogen-bond donors (Lipinski definition) is 1. The van der Waals surface area contributed by atoms with Crippen molar-refractivity contribution in [2.45, 2.75) is 38.0 Å². The molecule has 1 saturated heterocycles. The summed E-state index contributed by atoms with van der Waals surface area (Å²) in [4.78, 5) is 24.1. The van der Waals surface area contributed by atoms with Crippen molar-refractivity contribution in [3.63, 3.8) is 0 Å². The van der Waals surface area contributed by atoms with Crippen LogP contribution < -0.4 is 14.8 Å². The van der Waals surface area contributed by atoms with Crippen LogP contribution in [0, 0.1) is 0 Å². The van der Waals surface area contributed by atoms with Crippen molar-refractivity contribution in [3.8, 4) is 11.5 Å². The zero-order valence-corrected chi connectivity index (χ0v) is 19.1. The number of amides is 1. The summed E-state index contributed by atoms with van der Waals surface area (Å²) >= 11 is 0. The second-order valence-electron chi connectivity index (χ2n) is 7.48. The second-order valence-corrected chi connectivity index (χ2v) is 9.41. The number of nitrogens with zero attached hydrogens (tertiary/aromatic N) is 1. The van der Waals surface area contributed by atoms with Crippen LogP contribution in [0.3, 0.4) is 0 Å². The number of carbonyl (C=O) groups is 2. The van der Waals surface area contributed by atoms with Crippen LogP contribution in [-0.2, 0) is 14.8 Å². The summed E-state index contributed by atoms with van der Waals surface area (Å²) in [6.07, 6.45) is 2.69. The van der Waals surface area contributed by atoms with Crippen molar-refractivity contribution < 1.29 is 27.5 Å². The van der Waals surface area contributed by atoms with Crippen molar-refractivity contribution in [1.29, 1.82) is 0 Å². The van der Waals surface area contributed by atoms with Crippen LogP contribution in [0.4, 0.5) is 5.69 Å². The monoisotopic (exact) mass is 460 g/mol. The van der Waals surface area contributed by atoms with Crippen molar-refractivity contribution >= 4 is 27.4 Å². The Kier molecular flexibility index (Phi) is 7.87. The highest BCUT2D eigenvalue weighted by molar-refractivity contribution is 7.89. The number of piperidine rings is 1. The summed E-state index contributed by atoms with van der Waals surface area (Å²) in [6, 6.07) is 11.0. The molecule has 0 spiro atoms. The van der Waals surface area contributed by atoms with Gasteiger partial charge in [-0.15, -0.1) is 0 Å². The molecule has 1 N–H and O–H groups in total. The molecule has 172 valence electrons. The second kappa shape index (κ2) is 10.6. The van der Waals surface area contributed by atoms with E-state index in [0.717, 1.165) is 19.3 Å². The predicted octanol–water partition coefficient (Wildman–Crippen LogP) is 3.48. The van der Waals surface area contributed by atoms with E-state index in [9.17, 15) is 18.0 Å². The molecule has 0 atom stereocenters. The van der Waals surface area contributed by atoms with Gasteiger partial charge in [-0.25, -0.2) is 8.42 Å². The molecule has 0 bridgehead atoms. The molecule has 32 heavy (non-hydrogen) atoms. The van der Waals surface area contributed by atoms with E-state index in [1.807, 2.05) is 0 Å². The third-order valence-electron chi connectivity index (χ3n) is 5.09. The van der Waals surface area contributed by atoms with E-state index in [1.165, 1.54) is 23.4 Å². The van der Waals surface area contributed by atoms with Gasteiger partial charge in [0.25, 0.3) is 5.91 Å². The Labute approximate surface area is 188 Å². The molecular weight excluding hydrogens is 432 g/mol. The summed E-state index contributed by atoms with van der Waals surface area (Å²) in [7, 11) is -3.66. The summed E-state index contributed by atoms with van der Waals surface area (Å²) in [5.41, 5.74) is 0.744. The number of rotatable bonds is 9. The average Bonchev–Trinajstić information content (AvgIpc) is 2.79. The molecule has 1 aliphatic heterocycles. The fraction of sp³-hybridized carbons (Fsp3) is 0.391. The van der Waals surface area contributed by atoms with E-state index >= 15 is 0 Å². The molecule has 0 aromatic heterocycles. The molecule has 2 aromatic rings. The lowest BCUT2D eigenvalue weighted by molar-refractivity contribution is -0.118.